The first-order valence-electron chi connectivity index (χ1n) is 4.99. The summed E-state index contributed by atoms with van der Waals surface area (Å²) in [6.07, 6.45) is 3.67. The van der Waals surface area contributed by atoms with Crippen molar-refractivity contribution >= 4 is 5.97 Å². The Balaban J connectivity index is 2.41. The van der Waals surface area contributed by atoms with Crippen LogP contribution >= 0.6 is 0 Å². The third-order valence-corrected chi connectivity index (χ3v) is 2.64. The van der Waals surface area contributed by atoms with E-state index >= 15 is 0 Å². The fraction of sp³-hybridized carbons (Fsp3) is 0.900. The molecule has 0 aliphatic heterocycles. The van der Waals surface area contributed by atoms with Crippen LogP contribution in [0.1, 0.15) is 33.1 Å². The number of nitrogens with one attached hydrogen (secondary N) is 1. The molecule has 0 radical (unpaired) electrons. The first kappa shape index (κ1) is 10.5. The Morgan fingerprint density at radius 3 is 2.38 bits per heavy atom. The van der Waals surface area contributed by atoms with Gasteiger partial charge >= 0.3 is 5.97 Å². The van der Waals surface area contributed by atoms with Gasteiger partial charge in [0.25, 0.3) is 0 Å². The Bertz CT molecular complexity index is 176. The van der Waals surface area contributed by atoms with Crippen LogP contribution in [0.3, 0.4) is 0 Å². The summed E-state index contributed by atoms with van der Waals surface area (Å²) in [5, 5.41) is 3.33. The highest BCUT2D eigenvalue weighted by Crippen LogP contribution is 2.20. The van der Waals surface area contributed by atoms with Gasteiger partial charge in [0.2, 0.25) is 0 Å². The second-order valence-electron chi connectivity index (χ2n) is 4.04. The van der Waals surface area contributed by atoms with E-state index in [4.69, 9.17) is 4.74 Å². The highest BCUT2D eigenvalue weighted by molar-refractivity contribution is 5.75. The van der Waals surface area contributed by atoms with Crippen LogP contribution in [0.2, 0.25) is 0 Å². The molecular formula is C10H19NO2. The minimum Gasteiger partial charge on any atom is -0.468 e. The van der Waals surface area contributed by atoms with E-state index in [2.05, 4.69) is 5.32 Å². The topological polar surface area (TPSA) is 38.3 Å². The first-order valence-corrected chi connectivity index (χ1v) is 4.99. The quantitative estimate of drug-likeness (QED) is 0.671. The maximum Gasteiger partial charge on any atom is 0.323 e. The van der Waals surface area contributed by atoms with Gasteiger partial charge in [0, 0.05) is 6.04 Å². The fourth-order valence-corrected chi connectivity index (χ4v) is 1.49. The zero-order valence-corrected chi connectivity index (χ0v) is 8.67. The SMILES string of the molecule is COC(=O)[C@@H](NC1CCC1)C(C)C. The van der Waals surface area contributed by atoms with E-state index in [9.17, 15) is 4.79 Å². The van der Waals surface area contributed by atoms with Crippen molar-refractivity contribution in [2.75, 3.05) is 7.11 Å². The number of carbonyl (C=O) groups excluding carboxylic acids is 1. The maximum absolute atomic E-state index is 11.3. The van der Waals surface area contributed by atoms with Gasteiger partial charge in [-0.15, -0.1) is 0 Å². The van der Waals surface area contributed by atoms with Crippen molar-refractivity contribution in [2.24, 2.45) is 5.92 Å². The summed E-state index contributed by atoms with van der Waals surface area (Å²) in [6, 6.07) is 0.404. The average Bonchev–Trinajstić information content (AvgIpc) is 2.00. The van der Waals surface area contributed by atoms with Crippen molar-refractivity contribution in [3.63, 3.8) is 0 Å². The van der Waals surface area contributed by atoms with Crippen LogP contribution in [-0.4, -0.2) is 25.2 Å². The van der Waals surface area contributed by atoms with Crippen LogP contribution < -0.4 is 5.32 Å². The van der Waals surface area contributed by atoms with Gasteiger partial charge < -0.3 is 10.1 Å². The zero-order chi connectivity index (χ0) is 9.84. The molecule has 0 aromatic carbocycles. The number of ether oxygens (including phenoxy) is 1. The van der Waals surface area contributed by atoms with E-state index in [0.29, 0.717) is 12.0 Å². The standard InChI is InChI=1S/C10H19NO2/c1-7(2)9(10(12)13-3)11-8-5-4-6-8/h7-9,11H,4-6H2,1-3H3/t9-/m0/s1. The van der Waals surface area contributed by atoms with E-state index in [1.807, 2.05) is 13.8 Å². The maximum atomic E-state index is 11.3. The van der Waals surface area contributed by atoms with Crippen molar-refractivity contribution in [2.45, 2.75) is 45.2 Å². The third-order valence-electron chi connectivity index (χ3n) is 2.64. The van der Waals surface area contributed by atoms with Gasteiger partial charge in [0.1, 0.15) is 6.04 Å². The Morgan fingerprint density at radius 1 is 1.46 bits per heavy atom. The fourth-order valence-electron chi connectivity index (χ4n) is 1.49. The molecule has 0 bridgehead atoms. The summed E-state index contributed by atoms with van der Waals surface area (Å²) in [7, 11) is 1.44. The molecular weight excluding hydrogens is 166 g/mol. The number of methoxy groups -OCH3 is 1. The lowest BCUT2D eigenvalue weighted by Crippen LogP contribution is -2.49. The summed E-state index contributed by atoms with van der Waals surface area (Å²) in [5.74, 6) is 0.162. The molecule has 1 aliphatic carbocycles. The average molecular weight is 185 g/mol. The molecule has 0 amide bonds. The van der Waals surface area contributed by atoms with Gasteiger partial charge in [-0.3, -0.25) is 4.79 Å². The molecule has 1 aliphatic rings. The number of esters is 1. The van der Waals surface area contributed by atoms with Crippen molar-refractivity contribution in [3.05, 3.63) is 0 Å². The lowest BCUT2D eigenvalue weighted by atomic mass is 9.91. The molecule has 0 unspecified atom stereocenters. The number of hydrogen-bond donors (Lipinski definition) is 1. The second-order valence-corrected chi connectivity index (χ2v) is 4.04. The van der Waals surface area contributed by atoms with E-state index in [0.717, 1.165) is 0 Å². The molecule has 0 aromatic rings. The van der Waals surface area contributed by atoms with E-state index in [-0.39, 0.29) is 12.0 Å². The number of hydrogen-bond acceptors (Lipinski definition) is 3. The van der Waals surface area contributed by atoms with E-state index < -0.39 is 0 Å². The third kappa shape index (κ3) is 2.69. The van der Waals surface area contributed by atoms with Crippen molar-refractivity contribution in [3.8, 4) is 0 Å². The van der Waals surface area contributed by atoms with Gasteiger partial charge in [0.05, 0.1) is 7.11 Å². The molecule has 1 N–H and O–H groups in total. The minimum atomic E-state index is -0.137. The Morgan fingerprint density at radius 2 is 2.08 bits per heavy atom. The monoisotopic (exact) mass is 185 g/mol. The Kier molecular flexibility index (Phi) is 3.72. The van der Waals surface area contributed by atoms with E-state index in [1.165, 1.54) is 26.4 Å². The van der Waals surface area contributed by atoms with Crippen LogP contribution in [-0.2, 0) is 9.53 Å². The lowest BCUT2D eigenvalue weighted by Gasteiger charge is -2.31. The smallest absolute Gasteiger partial charge is 0.323 e. The molecule has 76 valence electrons. The summed E-state index contributed by atoms with van der Waals surface area (Å²) >= 11 is 0. The van der Waals surface area contributed by atoms with Crippen LogP contribution in [0.15, 0.2) is 0 Å². The molecule has 1 atom stereocenters. The molecule has 1 saturated carbocycles. The van der Waals surface area contributed by atoms with Gasteiger partial charge in [-0.1, -0.05) is 20.3 Å². The molecule has 1 rings (SSSR count). The summed E-state index contributed by atoms with van der Waals surface area (Å²) in [6.45, 7) is 4.07. The van der Waals surface area contributed by atoms with Gasteiger partial charge in [-0.25, -0.2) is 0 Å². The zero-order valence-electron chi connectivity index (χ0n) is 8.67. The van der Waals surface area contributed by atoms with Crippen LogP contribution in [0, 0.1) is 5.92 Å². The molecule has 3 nitrogen and oxygen atoms in total. The van der Waals surface area contributed by atoms with Gasteiger partial charge in [-0.05, 0) is 18.8 Å². The van der Waals surface area contributed by atoms with E-state index in [1.54, 1.807) is 0 Å². The van der Waals surface area contributed by atoms with Crippen molar-refractivity contribution in [1.82, 2.24) is 5.32 Å². The lowest BCUT2D eigenvalue weighted by molar-refractivity contribution is -0.144. The Hall–Kier alpha value is -0.570. The highest BCUT2D eigenvalue weighted by Gasteiger charge is 2.28. The van der Waals surface area contributed by atoms with Gasteiger partial charge in [0.15, 0.2) is 0 Å². The highest BCUT2D eigenvalue weighted by atomic mass is 16.5. The summed E-state index contributed by atoms with van der Waals surface area (Å²) in [5.41, 5.74) is 0. The predicted molar refractivity (Wildman–Crippen MR) is 51.4 cm³/mol. The van der Waals surface area contributed by atoms with Crippen molar-refractivity contribution < 1.29 is 9.53 Å². The molecule has 0 aromatic heterocycles. The minimum absolute atomic E-state index is 0.129. The normalized spacial score (nSPS) is 19.7. The second kappa shape index (κ2) is 4.61. The van der Waals surface area contributed by atoms with Crippen LogP contribution in [0.5, 0.6) is 0 Å². The summed E-state index contributed by atoms with van der Waals surface area (Å²) in [4.78, 5) is 11.3. The molecule has 13 heavy (non-hydrogen) atoms. The predicted octanol–water partition coefficient (Wildman–Crippen LogP) is 1.33. The largest absolute Gasteiger partial charge is 0.468 e. The molecule has 0 heterocycles. The van der Waals surface area contributed by atoms with Gasteiger partial charge in [-0.2, -0.15) is 0 Å². The summed E-state index contributed by atoms with van der Waals surface area (Å²) < 4.78 is 4.74. The molecule has 3 heteroatoms. The molecule has 1 fully saturated rings. The van der Waals surface area contributed by atoms with Crippen LogP contribution in [0.4, 0.5) is 0 Å². The Labute approximate surface area is 79.8 Å². The number of rotatable bonds is 4. The molecule has 0 spiro atoms. The van der Waals surface area contributed by atoms with Crippen LogP contribution in [0.25, 0.3) is 0 Å². The number of carbonyl (C=O) groups is 1. The van der Waals surface area contributed by atoms with Crippen molar-refractivity contribution in [1.29, 1.82) is 0 Å². The molecule has 0 saturated heterocycles. The first-order chi connectivity index (χ1) is 6.15.